The molecule has 56 valence electrons. The number of rotatable bonds is 0. The summed E-state index contributed by atoms with van der Waals surface area (Å²) in [6, 6.07) is 0. The number of hydrogen-bond donors (Lipinski definition) is 0. The second-order valence-electron chi connectivity index (χ2n) is 1.30. The van der Waals surface area contributed by atoms with Crippen LogP contribution in [0.15, 0.2) is 17.9 Å². The molecule has 0 atom stereocenters. The van der Waals surface area contributed by atoms with Crippen molar-refractivity contribution in [3.8, 4) is 0 Å². The zero-order valence-corrected chi connectivity index (χ0v) is 8.44. The third-order valence-electron chi connectivity index (χ3n) is 0.691. The van der Waals surface area contributed by atoms with Crippen LogP contribution in [0.3, 0.4) is 0 Å². The van der Waals surface area contributed by atoms with Gasteiger partial charge < -0.3 is 0 Å². The van der Waals surface area contributed by atoms with E-state index in [1.165, 1.54) is 12.8 Å². The van der Waals surface area contributed by atoms with Crippen molar-refractivity contribution in [1.29, 1.82) is 0 Å². The summed E-state index contributed by atoms with van der Waals surface area (Å²) in [7, 11) is 14.8. The molecule has 0 aromatic carbocycles. The SMILES string of the molecule is C1=CCCC=1.[Cl][Rh]([Cl])[Cl]. The van der Waals surface area contributed by atoms with Gasteiger partial charge in [-0.15, -0.1) is 5.73 Å². The molecule has 0 saturated heterocycles. The average molecular weight is 275 g/mol. The normalized spacial score (nSPS) is 14.8. The van der Waals surface area contributed by atoms with Crippen molar-refractivity contribution in [3.05, 3.63) is 17.9 Å². The Kier molecular flexibility index (Phi) is 7.93. The van der Waals surface area contributed by atoms with E-state index in [4.69, 9.17) is 29.1 Å². The first-order valence-electron chi connectivity index (χ1n) is 2.27. The zero-order valence-electron chi connectivity index (χ0n) is 4.54. The Morgan fingerprint density at radius 1 is 1.11 bits per heavy atom. The fourth-order valence-electron chi connectivity index (χ4n) is 0.417. The molecule has 0 aromatic rings. The molecule has 0 aliphatic heterocycles. The van der Waals surface area contributed by atoms with Crippen molar-refractivity contribution < 1.29 is 13.0 Å². The average Bonchev–Trinajstić information content (AvgIpc) is 2.11. The van der Waals surface area contributed by atoms with Gasteiger partial charge in [-0.1, -0.05) is 0 Å². The second-order valence-corrected chi connectivity index (χ2v) is 8.76. The Balaban J connectivity index is 0.000000148. The van der Waals surface area contributed by atoms with Gasteiger partial charge in [-0.2, -0.15) is 0 Å². The van der Waals surface area contributed by atoms with Crippen molar-refractivity contribution in [2.24, 2.45) is 0 Å². The van der Waals surface area contributed by atoms with Crippen LogP contribution in [-0.4, -0.2) is 0 Å². The minimum atomic E-state index is -1.66. The van der Waals surface area contributed by atoms with E-state index in [-0.39, 0.29) is 0 Å². The molecule has 9 heavy (non-hydrogen) atoms. The van der Waals surface area contributed by atoms with Crippen LogP contribution in [-0.2, 0) is 13.0 Å². The molecule has 0 aromatic heterocycles. The summed E-state index contributed by atoms with van der Waals surface area (Å²) in [6.45, 7) is 0. The van der Waals surface area contributed by atoms with Crippen LogP contribution in [0, 0.1) is 0 Å². The van der Waals surface area contributed by atoms with Gasteiger partial charge in [0.05, 0.1) is 0 Å². The maximum absolute atomic E-state index is 4.94. The molecule has 4 heteroatoms. The third-order valence-corrected chi connectivity index (χ3v) is 0.691. The Labute approximate surface area is 72.5 Å². The van der Waals surface area contributed by atoms with Crippen molar-refractivity contribution in [1.82, 2.24) is 0 Å². The first kappa shape index (κ1) is 10.0. The predicted octanol–water partition coefficient (Wildman–Crippen LogP) is 3.56. The Hall–Kier alpha value is 1.01. The first-order valence-corrected chi connectivity index (χ1v) is 8.60. The summed E-state index contributed by atoms with van der Waals surface area (Å²) in [5.74, 6) is 0. The van der Waals surface area contributed by atoms with Gasteiger partial charge >= 0.3 is 42.1 Å². The second kappa shape index (κ2) is 7.12. The van der Waals surface area contributed by atoms with Gasteiger partial charge in [-0.05, 0) is 25.0 Å². The fraction of sp³-hybridized carbons (Fsp3) is 0.400. The summed E-state index contributed by atoms with van der Waals surface area (Å²) in [4.78, 5) is 0. The van der Waals surface area contributed by atoms with Gasteiger partial charge in [0.15, 0.2) is 0 Å². The molecule has 1 aliphatic carbocycles. The van der Waals surface area contributed by atoms with Gasteiger partial charge in [0.1, 0.15) is 0 Å². The third kappa shape index (κ3) is 12.3. The molecular weight excluding hydrogens is 269 g/mol. The van der Waals surface area contributed by atoms with Crippen molar-refractivity contribution in [3.63, 3.8) is 0 Å². The quantitative estimate of drug-likeness (QED) is 0.468. The van der Waals surface area contributed by atoms with E-state index in [9.17, 15) is 0 Å². The molecule has 1 aliphatic rings. The molecule has 0 nitrogen and oxygen atoms in total. The van der Waals surface area contributed by atoms with Crippen LogP contribution >= 0.6 is 29.1 Å². The first-order chi connectivity index (χ1) is 4.23. The fourth-order valence-corrected chi connectivity index (χ4v) is 0.417. The van der Waals surface area contributed by atoms with E-state index >= 15 is 0 Å². The van der Waals surface area contributed by atoms with Crippen LogP contribution in [0.1, 0.15) is 12.8 Å². The van der Waals surface area contributed by atoms with E-state index < -0.39 is 13.0 Å². The number of halogens is 3. The zero-order chi connectivity index (χ0) is 7.11. The Morgan fingerprint density at radius 3 is 1.56 bits per heavy atom. The molecular formula is C5H6Cl3Rh. The molecule has 0 fully saturated rings. The van der Waals surface area contributed by atoms with E-state index in [2.05, 4.69) is 17.9 Å². The van der Waals surface area contributed by atoms with Gasteiger partial charge in [0.25, 0.3) is 0 Å². The Bertz CT molecular complexity index is 105. The molecule has 0 unspecified atom stereocenters. The van der Waals surface area contributed by atoms with E-state index in [0.29, 0.717) is 0 Å². The van der Waals surface area contributed by atoms with E-state index in [1.54, 1.807) is 0 Å². The van der Waals surface area contributed by atoms with Crippen LogP contribution in [0.2, 0.25) is 0 Å². The summed E-state index contributed by atoms with van der Waals surface area (Å²) in [5.41, 5.74) is 2.97. The summed E-state index contributed by atoms with van der Waals surface area (Å²) < 4.78 is 0. The molecule has 0 radical (unpaired) electrons. The standard InChI is InChI=1S/C5H6.3ClH.Rh/c1-2-4-5-3-1;;;;/h1,5H,2,4H2;3*1H;/q;;;;+3/p-3. The van der Waals surface area contributed by atoms with Crippen LogP contribution in [0.25, 0.3) is 0 Å². The monoisotopic (exact) mass is 274 g/mol. The minimum absolute atomic E-state index is 1.21. The van der Waals surface area contributed by atoms with Crippen molar-refractivity contribution in [2.75, 3.05) is 0 Å². The summed E-state index contributed by atoms with van der Waals surface area (Å²) >= 11 is -1.66. The maximum atomic E-state index is 4.94. The van der Waals surface area contributed by atoms with Gasteiger partial charge in [0.2, 0.25) is 0 Å². The van der Waals surface area contributed by atoms with E-state index in [1.807, 2.05) is 0 Å². The molecule has 0 spiro atoms. The van der Waals surface area contributed by atoms with Crippen LogP contribution < -0.4 is 0 Å². The van der Waals surface area contributed by atoms with E-state index in [0.717, 1.165) is 0 Å². The van der Waals surface area contributed by atoms with Gasteiger partial charge in [0, 0.05) is 0 Å². The number of hydrogen-bond acceptors (Lipinski definition) is 0. The van der Waals surface area contributed by atoms with Crippen molar-refractivity contribution >= 4 is 29.1 Å². The molecule has 0 saturated carbocycles. The molecule has 0 heterocycles. The van der Waals surface area contributed by atoms with Gasteiger partial charge in [-0.3, -0.25) is 0 Å². The summed E-state index contributed by atoms with van der Waals surface area (Å²) in [5, 5.41) is 0. The topological polar surface area (TPSA) is 0 Å². The molecule has 0 N–H and O–H groups in total. The number of allylic oxidation sites excluding steroid dienone is 1. The Morgan fingerprint density at radius 2 is 1.44 bits per heavy atom. The van der Waals surface area contributed by atoms with Crippen LogP contribution in [0.5, 0.6) is 0 Å². The van der Waals surface area contributed by atoms with Crippen LogP contribution in [0.4, 0.5) is 0 Å². The van der Waals surface area contributed by atoms with Crippen molar-refractivity contribution in [2.45, 2.75) is 12.8 Å². The van der Waals surface area contributed by atoms with Gasteiger partial charge in [-0.25, -0.2) is 0 Å². The molecule has 1 rings (SSSR count). The summed E-state index contributed by atoms with van der Waals surface area (Å²) in [6.07, 6.45) is 6.53. The predicted molar refractivity (Wildman–Crippen MR) is 39.4 cm³/mol. The molecule has 0 amide bonds. The molecule has 0 bridgehead atoms.